The molecule has 0 radical (unpaired) electrons. The number of esters is 1. The number of halogens is 5. The highest BCUT2D eigenvalue weighted by Crippen LogP contribution is 2.31. The Morgan fingerprint density at radius 2 is 1.77 bits per heavy atom. The molecule has 0 fully saturated rings. The lowest BCUT2D eigenvalue weighted by molar-refractivity contribution is -0.147. The molecule has 0 atom stereocenters. The minimum Gasteiger partial charge on any atom is -0.456 e. The summed E-state index contributed by atoms with van der Waals surface area (Å²) in [5, 5.41) is 5.23. The van der Waals surface area contributed by atoms with Gasteiger partial charge in [0.15, 0.2) is 6.61 Å². The van der Waals surface area contributed by atoms with Gasteiger partial charge in [-0.1, -0.05) is 17.7 Å². The van der Waals surface area contributed by atoms with E-state index < -0.39 is 36.1 Å². The van der Waals surface area contributed by atoms with Crippen LogP contribution in [-0.4, -0.2) is 24.4 Å². The van der Waals surface area contributed by atoms with Gasteiger partial charge in [-0.2, -0.15) is 13.2 Å². The van der Waals surface area contributed by atoms with E-state index in [1.807, 2.05) is 0 Å². The molecule has 2 N–H and O–H groups in total. The molecule has 0 unspecified atom stereocenters. The van der Waals surface area contributed by atoms with Crippen LogP contribution in [0, 0.1) is 6.92 Å². The standard InChI is InChI=1S/C20H17BrClF3N2O4/c1-11-7-14(21)15(22)9-16(11)27-18(29)10-31-19(30)6-5-17(28)26-13-4-2-3-12(8-13)20(23,24)25/h2-4,7-9H,5-6,10H2,1H3,(H,26,28)(H,27,29). The number of amides is 2. The molecule has 6 nitrogen and oxygen atoms in total. The second-order valence-electron chi connectivity index (χ2n) is 6.42. The van der Waals surface area contributed by atoms with Crippen molar-refractivity contribution >= 4 is 56.7 Å². The summed E-state index contributed by atoms with van der Waals surface area (Å²) in [5.74, 6) is -2.07. The SMILES string of the molecule is Cc1cc(Br)c(Cl)cc1NC(=O)COC(=O)CCC(=O)Nc1cccc(C(F)(F)F)c1. The van der Waals surface area contributed by atoms with Crippen molar-refractivity contribution in [3.05, 3.63) is 57.0 Å². The predicted octanol–water partition coefficient (Wildman–Crippen LogP) is 5.33. The van der Waals surface area contributed by atoms with Gasteiger partial charge in [-0.25, -0.2) is 0 Å². The molecular weight excluding hydrogens is 505 g/mol. The maximum absolute atomic E-state index is 12.7. The zero-order valence-electron chi connectivity index (χ0n) is 16.1. The van der Waals surface area contributed by atoms with E-state index in [1.54, 1.807) is 19.1 Å². The monoisotopic (exact) mass is 520 g/mol. The first kappa shape index (κ1) is 24.7. The molecule has 31 heavy (non-hydrogen) atoms. The van der Waals surface area contributed by atoms with E-state index >= 15 is 0 Å². The Hall–Kier alpha value is -2.59. The number of hydrogen-bond donors (Lipinski definition) is 2. The summed E-state index contributed by atoms with van der Waals surface area (Å²) < 4.78 is 43.6. The second-order valence-corrected chi connectivity index (χ2v) is 7.68. The molecular formula is C20H17BrClF3N2O4. The molecule has 166 valence electrons. The highest BCUT2D eigenvalue weighted by Gasteiger charge is 2.30. The molecule has 0 aliphatic carbocycles. The Morgan fingerprint density at radius 3 is 2.45 bits per heavy atom. The number of carbonyl (C=O) groups excluding carboxylic acids is 3. The molecule has 2 aromatic carbocycles. The smallest absolute Gasteiger partial charge is 0.416 e. The largest absolute Gasteiger partial charge is 0.456 e. The van der Waals surface area contributed by atoms with E-state index in [0.29, 0.717) is 15.2 Å². The molecule has 0 heterocycles. The van der Waals surface area contributed by atoms with Crippen LogP contribution in [0.15, 0.2) is 40.9 Å². The van der Waals surface area contributed by atoms with E-state index in [4.69, 9.17) is 16.3 Å². The van der Waals surface area contributed by atoms with E-state index in [2.05, 4.69) is 26.6 Å². The number of hydrogen-bond acceptors (Lipinski definition) is 4. The van der Waals surface area contributed by atoms with Gasteiger partial charge in [0, 0.05) is 22.3 Å². The number of alkyl halides is 3. The summed E-state index contributed by atoms with van der Waals surface area (Å²) in [5.41, 5.74) is 0.242. The van der Waals surface area contributed by atoms with Crippen LogP contribution < -0.4 is 10.6 Å². The first-order valence-corrected chi connectivity index (χ1v) is 10.0. The van der Waals surface area contributed by atoms with Crippen molar-refractivity contribution in [1.29, 1.82) is 0 Å². The lowest BCUT2D eigenvalue weighted by atomic mass is 10.2. The minimum absolute atomic E-state index is 0.0453. The number of anilines is 2. The fourth-order valence-corrected chi connectivity index (χ4v) is 3.02. The highest BCUT2D eigenvalue weighted by molar-refractivity contribution is 9.10. The van der Waals surface area contributed by atoms with Crippen LogP contribution in [0.5, 0.6) is 0 Å². The fourth-order valence-electron chi connectivity index (χ4n) is 2.40. The molecule has 2 amide bonds. The molecule has 0 saturated carbocycles. The van der Waals surface area contributed by atoms with Crippen molar-refractivity contribution in [3.63, 3.8) is 0 Å². The third kappa shape index (κ3) is 7.87. The minimum atomic E-state index is -4.54. The van der Waals surface area contributed by atoms with Crippen molar-refractivity contribution < 1.29 is 32.3 Å². The van der Waals surface area contributed by atoms with Gasteiger partial charge in [0.2, 0.25) is 5.91 Å². The molecule has 0 saturated heterocycles. The number of aryl methyl sites for hydroxylation is 1. The summed E-state index contributed by atoms with van der Waals surface area (Å²) in [6.45, 7) is 1.19. The van der Waals surface area contributed by atoms with Crippen LogP contribution in [0.1, 0.15) is 24.0 Å². The van der Waals surface area contributed by atoms with Crippen molar-refractivity contribution in [2.45, 2.75) is 25.9 Å². The van der Waals surface area contributed by atoms with Crippen LogP contribution in [-0.2, 0) is 25.3 Å². The number of benzene rings is 2. The Labute approximate surface area is 189 Å². The first-order chi connectivity index (χ1) is 14.5. The van der Waals surface area contributed by atoms with Gasteiger partial charge in [-0.3, -0.25) is 14.4 Å². The fraction of sp³-hybridized carbons (Fsp3) is 0.250. The van der Waals surface area contributed by atoms with Crippen molar-refractivity contribution in [1.82, 2.24) is 0 Å². The van der Waals surface area contributed by atoms with Gasteiger partial charge < -0.3 is 15.4 Å². The molecule has 11 heteroatoms. The molecule has 0 spiro atoms. The molecule has 0 bridgehead atoms. The lowest BCUT2D eigenvalue weighted by Crippen LogP contribution is -2.22. The molecule has 2 aromatic rings. The zero-order valence-corrected chi connectivity index (χ0v) is 18.5. The Balaban J connectivity index is 1.77. The van der Waals surface area contributed by atoms with Gasteiger partial charge in [-0.05, 0) is 58.7 Å². The van der Waals surface area contributed by atoms with Crippen LogP contribution >= 0.6 is 27.5 Å². The Morgan fingerprint density at radius 1 is 1.06 bits per heavy atom. The Bertz CT molecular complexity index is 999. The van der Waals surface area contributed by atoms with Gasteiger partial charge in [-0.15, -0.1) is 0 Å². The molecule has 0 aromatic heterocycles. The molecule has 0 aliphatic rings. The number of rotatable bonds is 7. The maximum Gasteiger partial charge on any atom is 0.416 e. The summed E-state index contributed by atoms with van der Waals surface area (Å²) in [6.07, 6.45) is -5.20. The van der Waals surface area contributed by atoms with Crippen LogP contribution in [0.3, 0.4) is 0 Å². The first-order valence-electron chi connectivity index (χ1n) is 8.84. The topological polar surface area (TPSA) is 84.5 Å². The number of nitrogens with one attached hydrogen (secondary N) is 2. The van der Waals surface area contributed by atoms with Gasteiger partial charge in [0.05, 0.1) is 17.0 Å². The van der Waals surface area contributed by atoms with Gasteiger partial charge in [0.25, 0.3) is 5.91 Å². The van der Waals surface area contributed by atoms with E-state index in [-0.39, 0.29) is 18.5 Å². The van der Waals surface area contributed by atoms with E-state index in [1.165, 1.54) is 6.07 Å². The maximum atomic E-state index is 12.7. The highest BCUT2D eigenvalue weighted by atomic mass is 79.9. The molecule has 2 rings (SSSR count). The normalized spacial score (nSPS) is 11.0. The quantitative estimate of drug-likeness (QED) is 0.483. The van der Waals surface area contributed by atoms with Gasteiger partial charge >= 0.3 is 12.1 Å². The van der Waals surface area contributed by atoms with Gasteiger partial charge in [0.1, 0.15) is 0 Å². The summed E-state index contributed by atoms with van der Waals surface area (Å²) >= 11 is 9.24. The third-order valence-electron chi connectivity index (χ3n) is 3.94. The summed E-state index contributed by atoms with van der Waals surface area (Å²) in [6, 6.07) is 7.38. The summed E-state index contributed by atoms with van der Waals surface area (Å²) in [4.78, 5) is 35.6. The zero-order chi connectivity index (χ0) is 23.2. The van der Waals surface area contributed by atoms with Crippen LogP contribution in [0.2, 0.25) is 5.02 Å². The number of ether oxygens (including phenoxy) is 1. The average molecular weight is 522 g/mol. The van der Waals surface area contributed by atoms with Crippen molar-refractivity contribution in [3.8, 4) is 0 Å². The van der Waals surface area contributed by atoms with E-state index in [9.17, 15) is 27.6 Å². The lowest BCUT2D eigenvalue weighted by Gasteiger charge is -2.11. The predicted molar refractivity (Wildman–Crippen MR) is 113 cm³/mol. The number of carbonyl (C=O) groups is 3. The van der Waals surface area contributed by atoms with Crippen molar-refractivity contribution in [2.75, 3.05) is 17.2 Å². The van der Waals surface area contributed by atoms with Crippen LogP contribution in [0.4, 0.5) is 24.5 Å². The van der Waals surface area contributed by atoms with Crippen molar-refractivity contribution in [2.24, 2.45) is 0 Å². The summed E-state index contributed by atoms with van der Waals surface area (Å²) in [7, 11) is 0. The molecule has 0 aliphatic heterocycles. The average Bonchev–Trinajstić information content (AvgIpc) is 2.68. The second kappa shape index (κ2) is 10.6. The van der Waals surface area contributed by atoms with E-state index in [0.717, 1.165) is 23.8 Å². The van der Waals surface area contributed by atoms with Crippen LogP contribution in [0.25, 0.3) is 0 Å². The third-order valence-corrected chi connectivity index (χ3v) is 5.13. The Kier molecular flexibility index (Phi) is 8.46.